The number of hydrogen-bond donors (Lipinski definition) is 5. The van der Waals surface area contributed by atoms with Crippen LogP contribution < -0.4 is 36.8 Å². The van der Waals surface area contributed by atoms with Crippen molar-refractivity contribution in [1.82, 2.24) is 39.3 Å². The van der Waals surface area contributed by atoms with Gasteiger partial charge in [-0.05, 0) is 92.5 Å². The van der Waals surface area contributed by atoms with Gasteiger partial charge < -0.3 is 64.9 Å². The van der Waals surface area contributed by atoms with Gasteiger partial charge in [-0.15, -0.1) is 0 Å². The summed E-state index contributed by atoms with van der Waals surface area (Å²) in [5.41, 5.74) is 5.88. The minimum Gasteiger partial charge on any atom is -0.495 e. The molecule has 0 unspecified atom stereocenters. The first-order valence-corrected chi connectivity index (χ1v) is 22.8. The van der Waals surface area contributed by atoms with Crippen molar-refractivity contribution in [3.8, 4) is 17.2 Å². The molecule has 3 aromatic heterocycles. The normalized spacial score (nSPS) is 15.6. The Bertz CT molecular complexity index is 2750. The second-order valence-electron chi connectivity index (χ2n) is 18.1. The molecule has 0 radical (unpaired) electrons. The molecule has 2 atom stereocenters. The number of nitrogens with two attached hydrogens (primary N) is 1. The highest BCUT2D eigenvalue weighted by molar-refractivity contribution is 6.00. The standard InChI is InChI=1S/C24H30N6O6.C23H32N6O5/c1-6-35-20(31)18-17-19(30(22(32)27-17)15-9-7-8-10-16(15)34-5)28-21(26-18)25-14-11-12-29(13-14)23(33)36-24(2,3)4;1-6-33-20(30)18-17(24)19(26-15-9-7-8-10-16(15)32-5)28-21(27-18)25-14-11-12-29(13-14)22(31)34-23(2,3)4/h7-10,14H,6,11-13H2,1-5H3,(H,27,32)(H,25,26,28);7-10,14H,6,11-13,24H2,1-5H3,(H2,25,26,27,28)/t2*14-/m00/s1. The van der Waals surface area contributed by atoms with Crippen LogP contribution in [0.2, 0.25) is 0 Å². The van der Waals surface area contributed by atoms with Crippen LogP contribution in [-0.2, 0) is 18.9 Å². The largest absolute Gasteiger partial charge is 0.495 e. The monoisotopic (exact) mass is 970 g/mol. The number of aromatic nitrogens is 6. The fourth-order valence-electron chi connectivity index (χ4n) is 7.40. The SMILES string of the molecule is CCOC(=O)c1nc(N[C@H]2CCN(C(=O)OC(C)(C)C)C2)nc(Nc2ccccc2OC)c1N.CCOC(=O)c1nc(N[C@H]2CCN(C(=O)OC(C)(C)C)C2)nc2c1[nH]c(=O)n2-c1ccccc1OC. The number of benzene rings is 2. The van der Waals surface area contributed by atoms with E-state index in [1.165, 1.54) is 11.7 Å². The van der Waals surface area contributed by atoms with Gasteiger partial charge in [-0.3, -0.25) is 0 Å². The molecule has 23 heteroatoms. The van der Waals surface area contributed by atoms with Gasteiger partial charge in [0.05, 0.1) is 38.8 Å². The van der Waals surface area contributed by atoms with Crippen molar-refractivity contribution in [2.75, 3.05) is 75.3 Å². The average molecular weight is 971 g/mol. The van der Waals surface area contributed by atoms with E-state index in [1.54, 1.807) is 67.2 Å². The molecule has 0 saturated carbocycles. The Morgan fingerprint density at radius 2 is 1.21 bits per heavy atom. The minimum absolute atomic E-state index is 0.0525. The number of nitrogens with one attached hydrogen (secondary N) is 4. The first kappa shape index (κ1) is 51.5. The Labute approximate surface area is 404 Å². The van der Waals surface area contributed by atoms with Gasteiger partial charge in [0, 0.05) is 38.3 Å². The van der Waals surface area contributed by atoms with Crippen molar-refractivity contribution in [1.29, 1.82) is 0 Å². The van der Waals surface area contributed by atoms with Crippen molar-refractivity contribution in [3.05, 3.63) is 70.4 Å². The molecule has 2 aliphatic rings. The van der Waals surface area contributed by atoms with Gasteiger partial charge in [0.15, 0.2) is 22.9 Å². The van der Waals surface area contributed by atoms with E-state index in [2.05, 4.69) is 40.9 Å². The van der Waals surface area contributed by atoms with Gasteiger partial charge in [-0.1, -0.05) is 24.3 Å². The summed E-state index contributed by atoms with van der Waals surface area (Å²) in [4.78, 5) is 86.7. The highest BCUT2D eigenvalue weighted by atomic mass is 16.6. The Hall–Kier alpha value is -7.85. The number of fused-ring (bicyclic) bond motifs is 1. The third-order valence-electron chi connectivity index (χ3n) is 10.5. The van der Waals surface area contributed by atoms with Gasteiger partial charge in [0.25, 0.3) is 0 Å². The van der Waals surface area contributed by atoms with Crippen LogP contribution in [0.15, 0.2) is 53.3 Å². The number of H-pyrrole nitrogens is 1. The van der Waals surface area contributed by atoms with Crippen LogP contribution in [0.1, 0.15) is 89.2 Å². The van der Waals surface area contributed by atoms with Crippen molar-refractivity contribution < 1.29 is 47.6 Å². The molecule has 23 nitrogen and oxygen atoms in total. The number of likely N-dealkylation sites (tertiary alicyclic amines) is 2. The quantitative estimate of drug-likeness (QED) is 0.0656. The maximum absolute atomic E-state index is 13.0. The number of carbonyl (C=O) groups is 4. The number of aromatic amines is 1. The van der Waals surface area contributed by atoms with Crippen molar-refractivity contribution in [3.63, 3.8) is 0 Å². The van der Waals surface area contributed by atoms with E-state index in [9.17, 15) is 24.0 Å². The van der Waals surface area contributed by atoms with Crippen LogP contribution in [0.25, 0.3) is 16.9 Å². The predicted molar refractivity (Wildman–Crippen MR) is 260 cm³/mol. The number of anilines is 5. The zero-order valence-electron chi connectivity index (χ0n) is 41.1. The maximum Gasteiger partial charge on any atom is 0.410 e. The topological polar surface area (TPSA) is 282 Å². The first-order valence-electron chi connectivity index (χ1n) is 22.8. The summed E-state index contributed by atoms with van der Waals surface area (Å²) in [5.74, 6) is 0.229. The number of hydrogen-bond acceptors (Lipinski definition) is 19. The lowest BCUT2D eigenvalue weighted by molar-refractivity contribution is 0.0283. The van der Waals surface area contributed by atoms with Crippen LogP contribution in [0.3, 0.4) is 0 Å². The third-order valence-corrected chi connectivity index (χ3v) is 10.5. The molecular weight excluding hydrogens is 909 g/mol. The molecule has 6 N–H and O–H groups in total. The summed E-state index contributed by atoms with van der Waals surface area (Å²) in [6.07, 6.45) is 0.519. The Balaban J connectivity index is 0.000000230. The molecule has 0 bridgehead atoms. The number of imidazole rings is 1. The molecule has 2 aliphatic heterocycles. The summed E-state index contributed by atoms with van der Waals surface area (Å²) in [7, 11) is 3.05. The Morgan fingerprint density at radius 1 is 0.714 bits per heavy atom. The molecule has 2 aromatic carbocycles. The number of nitrogen functional groups attached to an aromatic ring is 1. The van der Waals surface area contributed by atoms with Gasteiger partial charge in [0.2, 0.25) is 11.9 Å². The molecule has 376 valence electrons. The number of ether oxygens (including phenoxy) is 6. The van der Waals surface area contributed by atoms with Crippen molar-refractivity contribution >= 4 is 64.4 Å². The maximum atomic E-state index is 13.0. The molecule has 5 aromatic rings. The van der Waals surface area contributed by atoms with Gasteiger partial charge in [-0.25, -0.2) is 38.5 Å². The first-order chi connectivity index (χ1) is 33.2. The predicted octanol–water partition coefficient (Wildman–Crippen LogP) is 6.12. The van der Waals surface area contributed by atoms with Crippen LogP contribution in [0, 0.1) is 0 Å². The second-order valence-corrected chi connectivity index (χ2v) is 18.1. The number of nitrogens with zero attached hydrogens (tertiary/aromatic N) is 7. The van der Waals surface area contributed by atoms with E-state index in [1.807, 2.05) is 53.7 Å². The average Bonchev–Trinajstić information content (AvgIpc) is 4.05. The van der Waals surface area contributed by atoms with Crippen LogP contribution >= 0.6 is 0 Å². The highest BCUT2D eigenvalue weighted by Gasteiger charge is 2.33. The fourth-order valence-corrected chi connectivity index (χ4v) is 7.40. The number of amides is 2. The Kier molecular flexibility index (Phi) is 16.2. The minimum atomic E-state index is -0.691. The van der Waals surface area contributed by atoms with Crippen LogP contribution in [0.4, 0.5) is 38.7 Å². The molecule has 2 fully saturated rings. The second kappa shape index (κ2) is 22.1. The lowest BCUT2D eigenvalue weighted by Gasteiger charge is -2.24. The molecular formula is C47H62N12O11. The van der Waals surface area contributed by atoms with Gasteiger partial charge >= 0.3 is 29.8 Å². The molecule has 0 aliphatic carbocycles. The van der Waals surface area contributed by atoms with E-state index in [0.29, 0.717) is 61.9 Å². The number of para-hydroxylation sites is 4. The number of rotatable bonds is 13. The molecule has 0 spiro atoms. The Morgan fingerprint density at radius 3 is 1.76 bits per heavy atom. The van der Waals surface area contributed by atoms with Crippen LogP contribution in [-0.4, -0.2) is 140 Å². The molecule has 7 rings (SSSR count). The molecule has 2 saturated heterocycles. The lowest BCUT2D eigenvalue weighted by Crippen LogP contribution is -2.36. The number of carbonyl (C=O) groups excluding carboxylic acids is 4. The summed E-state index contributed by atoms with van der Waals surface area (Å²) in [6.45, 7) is 16.4. The van der Waals surface area contributed by atoms with Crippen LogP contribution in [0.5, 0.6) is 11.5 Å². The molecule has 70 heavy (non-hydrogen) atoms. The highest BCUT2D eigenvalue weighted by Crippen LogP contribution is 2.32. The van der Waals surface area contributed by atoms with E-state index >= 15 is 0 Å². The summed E-state index contributed by atoms with van der Waals surface area (Å²) < 4.78 is 33.3. The fraction of sp³-hybridized carbons (Fsp3) is 0.468. The summed E-state index contributed by atoms with van der Waals surface area (Å²) >= 11 is 0. The smallest absolute Gasteiger partial charge is 0.410 e. The zero-order valence-corrected chi connectivity index (χ0v) is 41.1. The lowest BCUT2D eigenvalue weighted by atomic mass is 10.2. The number of esters is 2. The summed E-state index contributed by atoms with van der Waals surface area (Å²) in [6, 6.07) is 13.9. The van der Waals surface area contributed by atoms with Gasteiger partial charge in [0.1, 0.15) is 33.9 Å². The zero-order chi connectivity index (χ0) is 50.9. The summed E-state index contributed by atoms with van der Waals surface area (Å²) in [5, 5.41) is 9.51. The molecule has 5 heterocycles. The molecule has 2 amide bonds. The van der Waals surface area contributed by atoms with Crippen molar-refractivity contribution in [2.24, 2.45) is 0 Å². The van der Waals surface area contributed by atoms with Gasteiger partial charge in [-0.2, -0.15) is 9.97 Å². The van der Waals surface area contributed by atoms with Crippen molar-refractivity contribution in [2.45, 2.75) is 91.5 Å². The van der Waals surface area contributed by atoms with E-state index in [-0.39, 0.29) is 77.3 Å². The van der Waals surface area contributed by atoms with E-state index < -0.39 is 34.9 Å². The van der Waals surface area contributed by atoms with E-state index in [4.69, 9.17) is 34.2 Å². The van der Waals surface area contributed by atoms with E-state index in [0.717, 1.165) is 0 Å². The third kappa shape index (κ3) is 12.8. The number of methoxy groups -OCH3 is 2.